The summed E-state index contributed by atoms with van der Waals surface area (Å²) in [5.74, 6) is -4.22. The number of amides is 1. The van der Waals surface area contributed by atoms with Crippen molar-refractivity contribution in [3.05, 3.63) is 44.5 Å². The number of pyridine rings is 2. The number of carboxylic acids is 1. The van der Waals surface area contributed by atoms with Crippen molar-refractivity contribution >= 4 is 46.5 Å². The minimum absolute atomic E-state index is 0.0760. The van der Waals surface area contributed by atoms with Crippen LogP contribution in [-0.2, 0) is 20.9 Å². The van der Waals surface area contributed by atoms with Gasteiger partial charge in [-0.1, -0.05) is 11.8 Å². The molecule has 0 saturated carbocycles. The Balaban J connectivity index is 1.42. The third kappa shape index (κ3) is 4.22. The number of anilines is 1. The molecule has 38 heavy (non-hydrogen) atoms. The lowest BCUT2D eigenvalue weighted by Crippen LogP contribution is -2.60. The number of hydrogen-bond acceptors (Lipinski definition) is 10. The van der Waals surface area contributed by atoms with Crippen LogP contribution in [-0.4, -0.2) is 86.8 Å². The van der Waals surface area contributed by atoms with Gasteiger partial charge in [0.25, 0.3) is 0 Å². The second-order valence-corrected chi connectivity index (χ2v) is 10.4. The summed E-state index contributed by atoms with van der Waals surface area (Å²) < 4.78 is 21.9. The van der Waals surface area contributed by atoms with Crippen LogP contribution in [0, 0.1) is 11.7 Å². The Hall–Kier alpha value is -3.49. The fourth-order valence-corrected chi connectivity index (χ4v) is 6.45. The zero-order chi connectivity index (χ0) is 27.3. The Morgan fingerprint density at radius 3 is 2.66 bits per heavy atom. The molecule has 0 bridgehead atoms. The number of rotatable bonds is 7. The first-order chi connectivity index (χ1) is 18.1. The summed E-state index contributed by atoms with van der Waals surface area (Å²) in [7, 11) is 0. The molecule has 12 nitrogen and oxygen atoms in total. The molecule has 0 aliphatic carbocycles. The number of nitrogens with one attached hydrogen (secondary N) is 1. The first-order valence-corrected chi connectivity index (χ1v) is 13.0. The number of ether oxygens (including phenoxy) is 1. The molecule has 5 heterocycles. The molecule has 1 amide bonds. The quantitative estimate of drug-likeness (QED) is 0.325. The standard InChI is InChI=1S/C24H26FN5O7S/c1-3-28-9-13(18(32)12-8-14(25)20(27-19(12)28)29-6-4-26-5-7-29)24(36)37-10-15-17(23(34)35)30-21(33)16(11(2)31)22(30)38-15/h8-9,11,16,22,26,31H,3-7,10H2,1-2H3,(H,34,35)/t11-,16+,22-/m1/s1. The number of aromatic nitrogens is 2. The minimum atomic E-state index is -1.37. The normalized spacial score (nSPS) is 21.9. The highest BCUT2D eigenvalue weighted by atomic mass is 32.2. The number of halogens is 1. The fourth-order valence-electron chi connectivity index (χ4n) is 4.93. The van der Waals surface area contributed by atoms with Gasteiger partial charge in [0.15, 0.2) is 11.6 Å². The number of carbonyl (C=O) groups excluding carboxylic acids is 2. The van der Waals surface area contributed by atoms with Crippen LogP contribution in [0.5, 0.6) is 0 Å². The molecule has 2 saturated heterocycles. The Morgan fingerprint density at radius 2 is 2.03 bits per heavy atom. The van der Waals surface area contributed by atoms with Gasteiger partial charge in [0.2, 0.25) is 11.3 Å². The van der Waals surface area contributed by atoms with E-state index in [1.807, 2.05) is 0 Å². The van der Waals surface area contributed by atoms with Gasteiger partial charge in [-0.25, -0.2) is 19.0 Å². The Kier molecular flexibility index (Phi) is 6.88. The summed E-state index contributed by atoms with van der Waals surface area (Å²) >= 11 is 1.02. The summed E-state index contributed by atoms with van der Waals surface area (Å²) in [5, 5.41) is 22.0. The van der Waals surface area contributed by atoms with E-state index >= 15 is 4.39 Å². The summed E-state index contributed by atoms with van der Waals surface area (Å²) in [4.78, 5) is 57.7. The Bertz CT molecular complexity index is 1440. The number of hydrogen-bond donors (Lipinski definition) is 3. The lowest BCUT2D eigenvalue weighted by Gasteiger charge is -2.43. The molecule has 3 N–H and O–H groups in total. The molecule has 2 aromatic rings. The van der Waals surface area contributed by atoms with Crippen LogP contribution in [0.25, 0.3) is 11.0 Å². The minimum Gasteiger partial charge on any atom is -0.477 e. The molecule has 0 spiro atoms. The van der Waals surface area contributed by atoms with Gasteiger partial charge in [-0.05, 0) is 19.9 Å². The van der Waals surface area contributed by atoms with Crippen LogP contribution < -0.4 is 15.6 Å². The van der Waals surface area contributed by atoms with Crippen molar-refractivity contribution in [2.45, 2.75) is 31.9 Å². The number of aliphatic carboxylic acids is 1. The molecule has 2 aromatic heterocycles. The SMILES string of the molecule is CCn1cc(C(=O)OCC2=C(C(=O)O)N3C(=O)[C@H]([C@@H](C)O)[C@H]3S2)c(=O)c2cc(F)c(N3CCNCC3)nc21. The second kappa shape index (κ2) is 10.0. The van der Waals surface area contributed by atoms with Crippen molar-refractivity contribution in [3.8, 4) is 0 Å². The van der Waals surface area contributed by atoms with Gasteiger partial charge in [0.1, 0.15) is 28.9 Å². The highest BCUT2D eigenvalue weighted by Gasteiger charge is 2.57. The van der Waals surface area contributed by atoms with Gasteiger partial charge in [0, 0.05) is 38.9 Å². The van der Waals surface area contributed by atoms with Crippen LogP contribution in [0.3, 0.4) is 0 Å². The smallest absolute Gasteiger partial charge is 0.353 e. The highest BCUT2D eigenvalue weighted by Crippen LogP contribution is 2.50. The van der Waals surface area contributed by atoms with Crippen molar-refractivity contribution in [2.24, 2.45) is 5.92 Å². The van der Waals surface area contributed by atoms with Crippen LogP contribution >= 0.6 is 11.8 Å². The maximum Gasteiger partial charge on any atom is 0.353 e. The molecular weight excluding hydrogens is 521 g/mol. The Morgan fingerprint density at radius 1 is 1.32 bits per heavy atom. The van der Waals surface area contributed by atoms with E-state index in [0.29, 0.717) is 32.7 Å². The molecular formula is C24H26FN5O7S. The van der Waals surface area contributed by atoms with E-state index in [9.17, 15) is 29.4 Å². The van der Waals surface area contributed by atoms with Crippen molar-refractivity contribution in [3.63, 3.8) is 0 Å². The van der Waals surface area contributed by atoms with Gasteiger partial charge < -0.3 is 29.7 Å². The van der Waals surface area contributed by atoms with E-state index in [1.165, 1.54) is 13.1 Å². The molecule has 0 aromatic carbocycles. The van der Waals surface area contributed by atoms with Crippen LogP contribution in [0.15, 0.2) is 27.7 Å². The van der Waals surface area contributed by atoms with Crippen LogP contribution in [0.1, 0.15) is 24.2 Å². The first-order valence-electron chi connectivity index (χ1n) is 12.1. The summed E-state index contributed by atoms with van der Waals surface area (Å²) in [6.07, 6.45) is 0.327. The van der Waals surface area contributed by atoms with Crippen molar-refractivity contribution < 1.29 is 33.7 Å². The van der Waals surface area contributed by atoms with E-state index in [0.717, 1.165) is 22.7 Å². The summed E-state index contributed by atoms with van der Waals surface area (Å²) in [6, 6.07) is 1.08. The maximum atomic E-state index is 15.0. The average Bonchev–Trinajstić information content (AvgIpc) is 3.22. The monoisotopic (exact) mass is 547 g/mol. The third-order valence-electron chi connectivity index (χ3n) is 6.87. The number of aliphatic hydroxyl groups is 1. The van der Waals surface area contributed by atoms with Gasteiger partial charge in [-0.15, -0.1) is 0 Å². The largest absolute Gasteiger partial charge is 0.477 e. The molecule has 0 radical (unpaired) electrons. The predicted octanol–water partition coefficient (Wildman–Crippen LogP) is 0.330. The number of fused-ring (bicyclic) bond motifs is 2. The molecule has 3 atom stereocenters. The zero-order valence-electron chi connectivity index (χ0n) is 20.6. The van der Waals surface area contributed by atoms with Gasteiger partial charge in [0.05, 0.1) is 22.3 Å². The van der Waals surface area contributed by atoms with E-state index in [2.05, 4.69) is 10.3 Å². The molecule has 3 aliphatic heterocycles. The number of nitrogens with zero attached hydrogens (tertiary/aromatic N) is 4. The summed E-state index contributed by atoms with van der Waals surface area (Å²) in [6.45, 7) is 5.55. The topological polar surface area (TPSA) is 154 Å². The number of aryl methyl sites for hydroxylation is 1. The zero-order valence-corrected chi connectivity index (χ0v) is 21.5. The lowest BCUT2D eigenvalue weighted by molar-refractivity contribution is -0.156. The third-order valence-corrected chi connectivity index (χ3v) is 8.21. The van der Waals surface area contributed by atoms with Gasteiger partial charge in [-0.3, -0.25) is 14.5 Å². The average molecular weight is 548 g/mol. The van der Waals surface area contributed by atoms with E-state index < -0.39 is 53.1 Å². The molecule has 2 fully saturated rings. The van der Waals surface area contributed by atoms with E-state index in [1.54, 1.807) is 16.4 Å². The molecule has 5 rings (SSSR count). The maximum absolute atomic E-state index is 15.0. The molecule has 202 valence electrons. The lowest BCUT2D eigenvalue weighted by atomic mass is 9.92. The van der Waals surface area contributed by atoms with Crippen molar-refractivity contribution in [1.82, 2.24) is 19.8 Å². The number of aliphatic hydroxyl groups excluding tert-OH is 1. The summed E-state index contributed by atoms with van der Waals surface area (Å²) in [5.41, 5.74) is -1.19. The molecule has 3 aliphatic rings. The fraction of sp³-hybridized carbons (Fsp3) is 0.458. The van der Waals surface area contributed by atoms with Crippen LogP contribution in [0.4, 0.5) is 10.2 Å². The predicted molar refractivity (Wildman–Crippen MR) is 135 cm³/mol. The van der Waals surface area contributed by atoms with Crippen LogP contribution in [0.2, 0.25) is 0 Å². The van der Waals surface area contributed by atoms with E-state index in [-0.39, 0.29) is 33.0 Å². The highest BCUT2D eigenvalue weighted by molar-refractivity contribution is 8.04. The number of esters is 1. The number of β-lactam (4-membered cyclic amide) rings is 1. The number of piperazine rings is 1. The second-order valence-electron chi connectivity index (χ2n) is 9.20. The Labute approximate surface area is 220 Å². The van der Waals surface area contributed by atoms with Crippen molar-refractivity contribution in [1.29, 1.82) is 0 Å². The van der Waals surface area contributed by atoms with Gasteiger partial charge >= 0.3 is 11.9 Å². The van der Waals surface area contributed by atoms with Crippen molar-refractivity contribution in [2.75, 3.05) is 37.7 Å². The number of carbonyl (C=O) groups is 3. The van der Waals surface area contributed by atoms with Gasteiger partial charge in [-0.2, -0.15) is 0 Å². The van der Waals surface area contributed by atoms with E-state index in [4.69, 9.17) is 4.74 Å². The molecule has 0 unspecified atom stereocenters. The first kappa shape index (κ1) is 26.1. The molecule has 14 heteroatoms. The number of carboxylic acid groups (broad SMARTS) is 1. The number of thioether (sulfide) groups is 1.